The summed E-state index contributed by atoms with van der Waals surface area (Å²) in [5, 5.41) is 10.0. The van der Waals surface area contributed by atoms with Gasteiger partial charge in [0, 0.05) is 25.4 Å². The zero-order valence-electron chi connectivity index (χ0n) is 20.9. The highest BCUT2D eigenvalue weighted by Crippen LogP contribution is 2.31. The molecule has 2 atom stereocenters. The van der Waals surface area contributed by atoms with Crippen LogP contribution < -0.4 is 0 Å². The van der Waals surface area contributed by atoms with E-state index >= 15 is 0 Å². The Labute approximate surface area is 216 Å². The van der Waals surface area contributed by atoms with Crippen molar-refractivity contribution in [1.29, 1.82) is 0 Å². The summed E-state index contributed by atoms with van der Waals surface area (Å²) in [5.41, 5.74) is 3.36. The number of hydrogen-bond donors (Lipinski definition) is 1. The van der Waals surface area contributed by atoms with Crippen LogP contribution in [0.3, 0.4) is 0 Å². The minimum atomic E-state index is -3.58. The molecule has 1 aliphatic rings. The van der Waals surface area contributed by atoms with Crippen LogP contribution in [-0.4, -0.2) is 59.2 Å². The molecular formula is C26H33N3O5S2. The molecule has 0 bridgehead atoms. The van der Waals surface area contributed by atoms with Crippen molar-refractivity contribution in [1.82, 2.24) is 13.9 Å². The molecule has 0 aliphatic carbocycles. The number of hydrogen-bond acceptors (Lipinski definition) is 6. The Bertz CT molecular complexity index is 1310. The highest BCUT2D eigenvalue weighted by Gasteiger charge is 2.25. The number of sulfonamides is 1. The minimum Gasteiger partial charge on any atom is -0.481 e. The van der Waals surface area contributed by atoms with Crippen LogP contribution >= 0.6 is 11.8 Å². The Kier molecular flexibility index (Phi) is 8.39. The largest absolute Gasteiger partial charge is 0.481 e. The molecule has 36 heavy (non-hydrogen) atoms. The molecule has 8 nitrogen and oxygen atoms in total. The van der Waals surface area contributed by atoms with E-state index in [2.05, 4.69) is 4.57 Å². The summed E-state index contributed by atoms with van der Waals surface area (Å²) >= 11 is 1.58. The predicted octanol–water partition coefficient (Wildman–Crippen LogP) is 4.73. The maximum absolute atomic E-state index is 13.1. The van der Waals surface area contributed by atoms with E-state index in [0.717, 1.165) is 41.2 Å². The Balaban J connectivity index is 1.63. The number of carboxylic acids is 1. The van der Waals surface area contributed by atoms with Gasteiger partial charge >= 0.3 is 5.97 Å². The van der Waals surface area contributed by atoms with E-state index in [1.165, 1.54) is 4.31 Å². The summed E-state index contributed by atoms with van der Waals surface area (Å²) in [5.74, 6) is -0.743. The molecule has 10 heteroatoms. The smallest absolute Gasteiger partial charge is 0.310 e. The van der Waals surface area contributed by atoms with Crippen LogP contribution in [0.5, 0.6) is 0 Å². The van der Waals surface area contributed by atoms with Gasteiger partial charge in [-0.1, -0.05) is 49.9 Å². The number of carbonyl (C=O) groups is 1. The van der Waals surface area contributed by atoms with E-state index in [9.17, 15) is 18.3 Å². The van der Waals surface area contributed by atoms with Gasteiger partial charge in [0.2, 0.25) is 10.0 Å². The number of aliphatic carboxylic acids is 1. The van der Waals surface area contributed by atoms with Gasteiger partial charge in [-0.05, 0) is 49.1 Å². The van der Waals surface area contributed by atoms with Crippen molar-refractivity contribution in [3.05, 3.63) is 53.6 Å². The quantitative estimate of drug-likeness (QED) is 0.357. The topological polar surface area (TPSA) is 102 Å². The third-order valence-electron chi connectivity index (χ3n) is 6.66. The van der Waals surface area contributed by atoms with E-state index in [1.807, 2.05) is 44.2 Å². The number of ether oxygens (including phenoxy) is 1. The van der Waals surface area contributed by atoms with Crippen LogP contribution in [0.2, 0.25) is 0 Å². The minimum absolute atomic E-state index is 0.109. The lowest BCUT2D eigenvalue weighted by atomic mass is 10.0. The standard InChI is InChI=1S/C26H33N3O5S2/c1-4-28(5-2)36(32,33)22-12-13-24-23(15-22)27-26(29(24)16-21-7-6-14-34-21)35-17-19-8-10-20(11-9-19)18(3)25(30)31/h8-13,15,18,21H,4-7,14,16-17H2,1-3H3,(H,30,31)/t18-,21+/m1/s1. The summed E-state index contributed by atoms with van der Waals surface area (Å²) in [6.45, 7) is 7.58. The zero-order valence-corrected chi connectivity index (χ0v) is 22.5. The molecule has 4 rings (SSSR count). The first-order chi connectivity index (χ1) is 17.2. The van der Waals surface area contributed by atoms with Crippen LogP contribution in [0.15, 0.2) is 52.5 Å². The lowest BCUT2D eigenvalue weighted by molar-refractivity contribution is -0.138. The molecule has 2 aromatic carbocycles. The molecule has 1 saturated heterocycles. The lowest BCUT2D eigenvalue weighted by Crippen LogP contribution is -2.30. The van der Waals surface area contributed by atoms with Crippen LogP contribution in [-0.2, 0) is 31.9 Å². The number of fused-ring (bicyclic) bond motifs is 1. The average molecular weight is 532 g/mol. The molecule has 194 valence electrons. The first-order valence-electron chi connectivity index (χ1n) is 12.3. The second kappa shape index (κ2) is 11.3. The molecule has 0 radical (unpaired) electrons. The normalized spacial score (nSPS) is 17.2. The van der Waals surface area contributed by atoms with Crippen molar-refractivity contribution >= 4 is 38.8 Å². The fraction of sp³-hybridized carbons (Fsp3) is 0.462. The number of rotatable bonds is 11. The van der Waals surface area contributed by atoms with Crippen LogP contribution in [0, 0.1) is 0 Å². The van der Waals surface area contributed by atoms with Gasteiger partial charge in [0.1, 0.15) is 0 Å². The van der Waals surface area contributed by atoms with Gasteiger partial charge in [0.05, 0.1) is 34.5 Å². The fourth-order valence-electron chi connectivity index (χ4n) is 4.43. The maximum Gasteiger partial charge on any atom is 0.310 e. The van der Waals surface area contributed by atoms with E-state index in [1.54, 1.807) is 30.8 Å². The van der Waals surface area contributed by atoms with Gasteiger partial charge in [-0.15, -0.1) is 0 Å². The van der Waals surface area contributed by atoms with Crippen LogP contribution in [0.1, 0.15) is 50.7 Å². The monoisotopic (exact) mass is 531 g/mol. The van der Waals surface area contributed by atoms with Crippen molar-refractivity contribution in [2.45, 2.75) is 68.0 Å². The van der Waals surface area contributed by atoms with Crippen LogP contribution in [0.4, 0.5) is 0 Å². The molecule has 0 saturated carbocycles. The van der Waals surface area contributed by atoms with Gasteiger partial charge in [0.15, 0.2) is 5.16 Å². The van der Waals surface area contributed by atoms with E-state index in [4.69, 9.17) is 9.72 Å². The summed E-state index contributed by atoms with van der Waals surface area (Å²) in [6.07, 6.45) is 2.13. The molecule has 0 spiro atoms. The number of benzene rings is 2. The SMILES string of the molecule is CCN(CC)S(=O)(=O)c1ccc2c(c1)nc(SCc1ccc([C@@H](C)C(=O)O)cc1)n2C[C@@H]1CCCO1. The molecule has 1 N–H and O–H groups in total. The summed E-state index contributed by atoms with van der Waals surface area (Å²) in [7, 11) is -3.58. The van der Waals surface area contributed by atoms with Gasteiger partial charge < -0.3 is 14.4 Å². The van der Waals surface area contributed by atoms with Gasteiger partial charge in [-0.25, -0.2) is 13.4 Å². The summed E-state index contributed by atoms with van der Waals surface area (Å²) in [4.78, 5) is 16.3. The second-order valence-corrected chi connectivity index (χ2v) is 11.9. The Morgan fingerprint density at radius 3 is 2.56 bits per heavy atom. The van der Waals surface area contributed by atoms with Crippen molar-refractivity contribution in [2.24, 2.45) is 0 Å². The number of thioether (sulfide) groups is 1. The second-order valence-electron chi connectivity index (χ2n) is 8.97. The number of imidazole rings is 1. The fourth-order valence-corrected chi connectivity index (χ4v) is 6.89. The van der Waals surface area contributed by atoms with Crippen molar-refractivity contribution < 1.29 is 23.1 Å². The number of aromatic nitrogens is 2. The van der Waals surface area contributed by atoms with Gasteiger partial charge in [-0.2, -0.15) is 4.31 Å². The third kappa shape index (κ3) is 5.61. The van der Waals surface area contributed by atoms with E-state index in [-0.39, 0.29) is 11.0 Å². The highest BCUT2D eigenvalue weighted by molar-refractivity contribution is 7.98. The van der Waals surface area contributed by atoms with Gasteiger partial charge in [-0.3, -0.25) is 4.79 Å². The van der Waals surface area contributed by atoms with Crippen molar-refractivity contribution in [3.8, 4) is 0 Å². The van der Waals surface area contributed by atoms with E-state index in [0.29, 0.717) is 30.9 Å². The Morgan fingerprint density at radius 1 is 1.22 bits per heavy atom. The first kappa shape index (κ1) is 26.7. The molecular weight excluding hydrogens is 498 g/mol. The molecule has 0 unspecified atom stereocenters. The molecule has 0 amide bonds. The molecule has 2 heterocycles. The first-order valence-corrected chi connectivity index (χ1v) is 14.7. The molecule has 1 aliphatic heterocycles. The summed E-state index contributed by atoms with van der Waals surface area (Å²) < 4.78 is 35.6. The lowest BCUT2D eigenvalue weighted by Gasteiger charge is -2.18. The number of carboxylic acid groups (broad SMARTS) is 1. The van der Waals surface area contributed by atoms with Gasteiger partial charge in [0.25, 0.3) is 0 Å². The van der Waals surface area contributed by atoms with E-state index < -0.39 is 21.9 Å². The Morgan fingerprint density at radius 2 is 1.94 bits per heavy atom. The summed E-state index contributed by atoms with van der Waals surface area (Å²) in [6, 6.07) is 12.8. The number of nitrogens with zero attached hydrogens (tertiary/aromatic N) is 3. The predicted molar refractivity (Wildman–Crippen MR) is 141 cm³/mol. The third-order valence-corrected chi connectivity index (χ3v) is 9.75. The molecule has 1 fully saturated rings. The van der Waals surface area contributed by atoms with Crippen molar-refractivity contribution in [3.63, 3.8) is 0 Å². The Hall–Kier alpha value is -2.40. The van der Waals surface area contributed by atoms with Crippen LogP contribution in [0.25, 0.3) is 11.0 Å². The average Bonchev–Trinajstić information content (AvgIpc) is 3.51. The van der Waals surface area contributed by atoms with Crippen molar-refractivity contribution in [2.75, 3.05) is 19.7 Å². The maximum atomic E-state index is 13.1. The molecule has 3 aromatic rings. The zero-order chi connectivity index (χ0) is 25.9. The highest BCUT2D eigenvalue weighted by atomic mass is 32.2. The molecule has 1 aromatic heterocycles.